The fourth-order valence-electron chi connectivity index (χ4n) is 2.36. The van der Waals surface area contributed by atoms with E-state index in [0.717, 1.165) is 32.0 Å². The van der Waals surface area contributed by atoms with Gasteiger partial charge >= 0.3 is 0 Å². The number of hydrogen-bond acceptors (Lipinski definition) is 3. The highest BCUT2D eigenvalue weighted by molar-refractivity contribution is 5.75. The van der Waals surface area contributed by atoms with Crippen LogP contribution in [0.1, 0.15) is 32.6 Å². The molecule has 0 aromatic carbocycles. The maximum absolute atomic E-state index is 11.5. The molecule has 0 bridgehead atoms. The van der Waals surface area contributed by atoms with Gasteiger partial charge < -0.3 is 15.5 Å². The van der Waals surface area contributed by atoms with Gasteiger partial charge in [-0.05, 0) is 45.3 Å². The zero-order valence-corrected chi connectivity index (χ0v) is 11.3. The van der Waals surface area contributed by atoms with Crippen molar-refractivity contribution in [1.82, 2.24) is 15.5 Å². The van der Waals surface area contributed by atoms with Gasteiger partial charge in [0.2, 0.25) is 5.91 Å². The van der Waals surface area contributed by atoms with Gasteiger partial charge in [0, 0.05) is 26.1 Å². The Labute approximate surface area is 105 Å². The topological polar surface area (TPSA) is 44.4 Å². The molecule has 1 amide bonds. The highest BCUT2D eigenvalue weighted by Gasteiger charge is 2.15. The molecule has 0 radical (unpaired) electrons. The lowest BCUT2D eigenvalue weighted by Crippen LogP contribution is -2.40. The van der Waals surface area contributed by atoms with Crippen molar-refractivity contribution in [1.29, 1.82) is 0 Å². The molecule has 4 nitrogen and oxygen atoms in total. The lowest BCUT2D eigenvalue weighted by atomic mass is 10.0. The molecule has 0 saturated carbocycles. The minimum Gasteiger partial charge on any atom is -0.355 e. The Balaban J connectivity index is 2.00. The maximum atomic E-state index is 11.5. The second kappa shape index (κ2) is 8.48. The number of rotatable bonds is 7. The van der Waals surface area contributed by atoms with Crippen molar-refractivity contribution < 1.29 is 4.79 Å². The van der Waals surface area contributed by atoms with Crippen LogP contribution >= 0.6 is 0 Å². The largest absolute Gasteiger partial charge is 0.355 e. The van der Waals surface area contributed by atoms with Crippen molar-refractivity contribution >= 4 is 5.91 Å². The van der Waals surface area contributed by atoms with E-state index in [4.69, 9.17) is 0 Å². The number of hydrogen-bond donors (Lipinski definition) is 2. The van der Waals surface area contributed by atoms with Crippen molar-refractivity contribution in [2.75, 3.05) is 39.8 Å². The molecule has 1 atom stereocenters. The van der Waals surface area contributed by atoms with Crippen LogP contribution in [0.3, 0.4) is 0 Å². The van der Waals surface area contributed by atoms with E-state index in [-0.39, 0.29) is 5.91 Å². The van der Waals surface area contributed by atoms with E-state index in [1.165, 1.54) is 25.9 Å². The van der Waals surface area contributed by atoms with Crippen LogP contribution in [-0.4, -0.2) is 50.6 Å². The van der Waals surface area contributed by atoms with Gasteiger partial charge in [-0.25, -0.2) is 0 Å². The van der Waals surface area contributed by atoms with Gasteiger partial charge in [-0.15, -0.1) is 0 Å². The maximum Gasteiger partial charge on any atom is 0.220 e. The van der Waals surface area contributed by atoms with E-state index in [0.29, 0.717) is 6.42 Å². The third-order valence-corrected chi connectivity index (χ3v) is 3.32. The minimum absolute atomic E-state index is 0.185. The number of piperidine rings is 1. The van der Waals surface area contributed by atoms with Gasteiger partial charge in [-0.3, -0.25) is 4.79 Å². The highest BCUT2D eigenvalue weighted by Crippen LogP contribution is 2.14. The van der Waals surface area contributed by atoms with Crippen molar-refractivity contribution in [3.05, 3.63) is 0 Å². The van der Waals surface area contributed by atoms with Gasteiger partial charge in [0.05, 0.1) is 0 Å². The van der Waals surface area contributed by atoms with Crippen LogP contribution in [0.15, 0.2) is 0 Å². The number of amides is 1. The van der Waals surface area contributed by atoms with Crippen LogP contribution in [-0.2, 0) is 4.79 Å². The molecule has 2 N–H and O–H groups in total. The molecule has 1 unspecified atom stereocenters. The van der Waals surface area contributed by atoms with Crippen molar-refractivity contribution in [2.45, 2.75) is 32.6 Å². The molecule has 1 rings (SSSR count). The molecule has 0 aromatic rings. The van der Waals surface area contributed by atoms with E-state index in [9.17, 15) is 4.79 Å². The number of nitrogens with zero attached hydrogens (tertiary/aromatic N) is 1. The Kier molecular flexibility index (Phi) is 7.21. The summed E-state index contributed by atoms with van der Waals surface area (Å²) < 4.78 is 0. The van der Waals surface area contributed by atoms with Gasteiger partial charge in [-0.1, -0.05) is 6.92 Å². The lowest BCUT2D eigenvalue weighted by Gasteiger charge is -2.30. The molecular weight excluding hydrogens is 214 g/mol. The summed E-state index contributed by atoms with van der Waals surface area (Å²) in [5.74, 6) is 1.00. The van der Waals surface area contributed by atoms with Crippen molar-refractivity contribution in [2.24, 2.45) is 5.92 Å². The Morgan fingerprint density at radius 2 is 2.24 bits per heavy atom. The molecule has 1 aliphatic heterocycles. The average molecular weight is 241 g/mol. The molecule has 17 heavy (non-hydrogen) atoms. The SMILES string of the molecule is CNCCCC(=O)NCCN1CCCC(C)C1. The number of likely N-dealkylation sites (tertiary alicyclic amines) is 1. The third kappa shape index (κ3) is 6.64. The van der Waals surface area contributed by atoms with Crippen LogP contribution in [0.4, 0.5) is 0 Å². The standard InChI is InChI=1S/C13H27N3O/c1-12-5-4-9-16(11-12)10-8-15-13(17)6-3-7-14-2/h12,14H,3-11H2,1-2H3,(H,15,17). The monoisotopic (exact) mass is 241 g/mol. The molecule has 0 spiro atoms. The fraction of sp³-hybridized carbons (Fsp3) is 0.923. The molecule has 1 heterocycles. The predicted octanol–water partition coefficient (Wildman–Crippen LogP) is 0.834. The van der Waals surface area contributed by atoms with Crippen molar-refractivity contribution in [3.63, 3.8) is 0 Å². The van der Waals surface area contributed by atoms with Crippen molar-refractivity contribution in [3.8, 4) is 0 Å². The third-order valence-electron chi connectivity index (χ3n) is 3.32. The first kappa shape index (κ1) is 14.5. The predicted molar refractivity (Wildman–Crippen MR) is 71.0 cm³/mol. The van der Waals surface area contributed by atoms with E-state index >= 15 is 0 Å². The zero-order valence-electron chi connectivity index (χ0n) is 11.3. The first-order valence-electron chi connectivity index (χ1n) is 6.86. The summed E-state index contributed by atoms with van der Waals surface area (Å²) in [6.45, 7) is 7.41. The van der Waals surface area contributed by atoms with E-state index < -0.39 is 0 Å². The second-order valence-corrected chi connectivity index (χ2v) is 5.11. The Hall–Kier alpha value is -0.610. The average Bonchev–Trinajstić information content (AvgIpc) is 2.29. The normalized spacial score (nSPS) is 21.4. The molecule has 1 fully saturated rings. The lowest BCUT2D eigenvalue weighted by molar-refractivity contribution is -0.121. The van der Waals surface area contributed by atoms with E-state index in [2.05, 4.69) is 22.5 Å². The van der Waals surface area contributed by atoms with Gasteiger partial charge in [0.25, 0.3) is 0 Å². The van der Waals surface area contributed by atoms with Gasteiger partial charge in [0.15, 0.2) is 0 Å². The molecule has 1 saturated heterocycles. The van der Waals surface area contributed by atoms with Crippen LogP contribution in [0, 0.1) is 5.92 Å². The van der Waals surface area contributed by atoms with Gasteiger partial charge in [0.1, 0.15) is 0 Å². The Morgan fingerprint density at radius 3 is 2.94 bits per heavy atom. The summed E-state index contributed by atoms with van der Waals surface area (Å²) in [5, 5.41) is 6.04. The van der Waals surface area contributed by atoms with Crippen LogP contribution in [0.2, 0.25) is 0 Å². The number of carbonyl (C=O) groups is 1. The number of carbonyl (C=O) groups excluding carboxylic acids is 1. The molecular formula is C13H27N3O. The summed E-state index contributed by atoms with van der Waals surface area (Å²) in [4.78, 5) is 13.9. The van der Waals surface area contributed by atoms with Gasteiger partial charge in [-0.2, -0.15) is 0 Å². The quantitative estimate of drug-likeness (QED) is 0.649. The van der Waals surface area contributed by atoms with Crippen LogP contribution in [0.25, 0.3) is 0 Å². The molecule has 0 aliphatic carbocycles. The van der Waals surface area contributed by atoms with Crippen LogP contribution in [0.5, 0.6) is 0 Å². The summed E-state index contributed by atoms with van der Waals surface area (Å²) in [7, 11) is 1.91. The highest BCUT2D eigenvalue weighted by atomic mass is 16.1. The Morgan fingerprint density at radius 1 is 1.41 bits per heavy atom. The van der Waals surface area contributed by atoms with E-state index in [1.807, 2.05) is 7.05 Å². The molecule has 100 valence electrons. The number of nitrogens with one attached hydrogen (secondary N) is 2. The smallest absolute Gasteiger partial charge is 0.220 e. The minimum atomic E-state index is 0.185. The van der Waals surface area contributed by atoms with Crippen LogP contribution < -0.4 is 10.6 Å². The summed E-state index contributed by atoms with van der Waals surface area (Å²) in [5.41, 5.74) is 0. The van der Waals surface area contributed by atoms with E-state index in [1.54, 1.807) is 0 Å². The first-order valence-corrected chi connectivity index (χ1v) is 6.86. The first-order chi connectivity index (χ1) is 8.22. The molecule has 0 aromatic heterocycles. The zero-order chi connectivity index (χ0) is 12.5. The summed E-state index contributed by atoms with van der Waals surface area (Å²) in [6, 6.07) is 0. The summed E-state index contributed by atoms with van der Waals surface area (Å²) >= 11 is 0. The second-order valence-electron chi connectivity index (χ2n) is 5.11. The fourth-order valence-corrected chi connectivity index (χ4v) is 2.36. The Bertz CT molecular complexity index is 221. The molecule has 1 aliphatic rings. The summed E-state index contributed by atoms with van der Waals surface area (Å²) in [6.07, 6.45) is 4.21. The molecule has 4 heteroatoms.